The average molecular weight is 520 g/mol. The van der Waals surface area contributed by atoms with E-state index in [1.807, 2.05) is 30.3 Å². The normalized spacial score (nSPS) is 10.9. The predicted octanol–water partition coefficient (Wildman–Crippen LogP) is 7.46. The molecule has 5 rings (SSSR count). The number of rotatable bonds is 8. The number of hydrogen-bond donors (Lipinski definition) is 1. The maximum atomic E-state index is 12.4. The molecule has 1 N–H and O–H groups in total. The number of aromatic nitrogens is 1. The van der Waals surface area contributed by atoms with Crippen LogP contribution in [0.15, 0.2) is 108 Å². The number of nitrogens with zero attached hydrogens (tertiary/aromatic N) is 2. The summed E-state index contributed by atoms with van der Waals surface area (Å²) in [6.45, 7) is 2.07. The Morgan fingerprint density at radius 1 is 0.842 bits per heavy atom. The molecule has 0 saturated carbocycles. The molecular formula is C31H25N3O3S. The van der Waals surface area contributed by atoms with Gasteiger partial charge in [0.05, 0.1) is 29.5 Å². The van der Waals surface area contributed by atoms with E-state index in [9.17, 15) is 4.79 Å². The van der Waals surface area contributed by atoms with Crippen molar-refractivity contribution < 1.29 is 14.3 Å². The number of benzene rings is 4. The Balaban J connectivity index is 1.27. The largest absolute Gasteiger partial charge is 0.497 e. The van der Waals surface area contributed by atoms with Crippen LogP contribution in [0.4, 0.5) is 5.13 Å². The van der Waals surface area contributed by atoms with Crippen LogP contribution in [0.3, 0.4) is 0 Å². The minimum Gasteiger partial charge on any atom is -0.497 e. The lowest BCUT2D eigenvalue weighted by Gasteiger charge is -2.05. The zero-order valence-corrected chi connectivity index (χ0v) is 21.7. The molecule has 1 heterocycles. The van der Waals surface area contributed by atoms with Gasteiger partial charge in [0.25, 0.3) is 0 Å². The number of thiazole rings is 1. The molecule has 4 aromatic carbocycles. The molecular weight excluding hydrogens is 494 g/mol. The Bertz CT molecular complexity index is 1540. The Hall–Kier alpha value is -4.75. The van der Waals surface area contributed by atoms with E-state index in [0.717, 1.165) is 27.3 Å². The fraction of sp³-hybridized carbons (Fsp3) is 0.0645. The van der Waals surface area contributed by atoms with Gasteiger partial charge in [-0.15, -0.1) is 0 Å². The zero-order valence-electron chi connectivity index (χ0n) is 20.9. The zero-order chi connectivity index (χ0) is 26.3. The fourth-order valence-electron chi connectivity index (χ4n) is 3.74. The summed E-state index contributed by atoms with van der Waals surface area (Å²) in [6, 6.07) is 32.5. The highest BCUT2D eigenvalue weighted by Gasteiger charge is 2.15. The number of ether oxygens (including phenoxy) is 2. The monoisotopic (exact) mass is 519 g/mol. The molecule has 0 aliphatic rings. The highest BCUT2D eigenvalue weighted by atomic mass is 32.1. The van der Waals surface area contributed by atoms with E-state index in [1.54, 1.807) is 61.1 Å². The summed E-state index contributed by atoms with van der Waals surface area (Å²) in [5.41, 5.74) is 8.65. The van der Waals surface area contributed by atoms with Crippen LogP contribution in [0.1, 0.15) is 21.5 Å². The Labute approximate surface area is 225 Å². The first kappa shape index (κ1) is 24.9. The van der Waals surface area contributed by atoms with Crippen molar-refractivity contribution in [2.45, 2.75) is 6.92 Å². The second kappa shape index (κ2) is 11.5. The molecule has 38 heavy (non-hydrogen) atoms. The van der Waals surface area contributed by atoms with E-state index in [-0.39, 0.29) is 0 Å². The second-order valence-electron chi connectivity index (χ2n) is 8.49. The van der Waals surface area contributed by atoms with Crippen molar-refractivity contribution in [1.82, 2.24) is 4.98 Å². The van der Waals surface area contributed by atoms with Gasteiger partial charge in [-0.2, -0.15) is 5.10 Å². The van der Waals surface area contributed by atoms with Crippen molar-refractivity contribution >= 4 is 28.7 Å². The van der Waals surface area contributed by atoms with Crippen molar-refractivity contribution in [1.29, 1.82) is 0 Å². The minimum atomic E-state index is -0.432. The van der Waals surface area contributed by atoms with Crippen LogP contribution in [0, 0.1) is 6.92 Å². The Morgan fingerprint density at radius 2 is 1.53 bits per heavy atom. The number of carbonyl (C=O) groups is 1. The number of carbonyl (C=O) groups excluding carboxylic acids is 1. The standard InChI is InChI=1S/C31H25N3O3S/c1-21-8-12-23(13-9-21)28-29(24-6-4-3-5-7-24)38-31(33-28)34-32-20-22-10-16-27(17-11-22)37-30(35)25-14-18-26(36-2)19-15-25/h3-20H,1-2H3,(H,33,34)/b32-20-. The second-order valence-corrected chi connectivity index (χ2v) is 9.48. The van der Waals surface area contributed by atoms with Gasteiger partial charge in [-0.05, 0) is 66.6 Å². The van der Waals surface area contributed by atoms with Crippen LogP contribution in [0.5, 0.6) is 11.5 Å². The Kier molecular flexibility index (Phi) is 7.57. The number of anilines is 1. The third-order valence-electron chi connectivity index (χ3n) is 5.78. The van der Waals surface area contributed by atoms with E-state index in [4.69, 9.17) is 14.5 Å². The third kappa shape index (κ3) is 5.96. The number of nitrogens with one attached hydrogen (secondary N) is 1. The van der Waals surface area contributed by atoms with E-state index in [0.29, 0.717) is 22.2 Å². The lowest BCUT2D eigenvalue weighted by atomic mass is 10.1. The summed E-state index contributed by atoms with van der Waals surface area (Å²) >= 11 is 1.55. The molecule has 0 fully saturated rings. The first-order valence-electron chi connectivity index (χ1n) is 12.0. The molecule has 0 amide bonds. The van der Waals surface area contributed by atoms with Crippen molar-refractivity contribution in [3.8, 4) is 33.2 Å². The molecule has 0 aliphatic heterocycles. The topological polar surface area (TPSA) is 72.8 Å². The van der Waals surface area contributed by atoms with Crippen molar-refractivity contribution in [2.24, 2.45) is 5.10 Å². The summed E-state index contributed by atoms with van der Waals surface area (Å²) in [5, 5.41) is 5.07. The van der Waals surface area contributed by atoms with Crippen molar-refractivity contribution in [2.75, 3.05) is 12.5 Å². The first-order valence-corrected chi connectivity index (χ1v) is 12.8. The Morgan fingerprint density at radius 3 is 2.21 bits per heavy atom. The van der Waals surface area contributed by atoms with Crippen molar-refractivity contribution in [3.63, 3.8) is 0 Å². The SMILES string of the molecule is COc1ccc(C(=O)Oc2ccc(/C=N\Nc3nc(-c4ccc(C)cc4)c(-c4ccccc4)s3)cc2)cc1. The van der Waals surface area contributed by atoms with Crippen molar-refractivity contribution in [3.05, 3.63) is 120 Å². The number of hydrazone groups is 1. The van der Waals surface area contributed by atoms with Gasteiger partial charge in [0.1, 0.15) is 11.5 Å². The van der Waals surface area contributed by atoms with Gasteiger partial charge in [-0.3, -0.25) is 5.43 Å². The van der Waals surface area contributed by atoms with Gasteiger partial charge in [-0.25, -0.2) is 9.78 Å². The molecule has 0 aliphatic carbocycles. The van der Waals surface area contributed by atoms with Gasteiger partial charge in [0.2, 0.25) is 5.13 Å². The highest BCUT2D eigenvalue weighted by Crippen LogP contribution is 2.39. The smallest absolute Gasteiger partial charge is 0.343 e. The lowest BCUT2D eigenvalue weighted by molar-refractivity contribution is 0.0734. The van der Waals surface area contributed by atoms with E-state index in [1.165, 1.54) is 5.56 Å². The lowest BCUT2D eigenvalue weighted by Crippen LogP contribution is -2.08. The van der Waals surface area contributed by atoms with E-state index in [2.05, 4.69) is 53.8 Å². The van der Waals surface area contributed by atoms with Gasteiger partial charge in [0.15, 0.2) is 0 Å². The van der Waals surface area contributed by atoms with Crippen LogP contribution in [0.25, 0.3) is 21.7 Å². The van der Waals surface area contributed by atoms with Crippen LogP contribution >= 0.6 is 11.3 Å². The summed E-state index contributed by atoms with van der Waals surface area (Å²) in [5.74, 6) is 0.698. The molecule has 7 heteroatoms. The van der Waals surface area contributed by atoms with Crippen LogP contribution < -0.4 is 14.9 Å². The number of esters is 1. The molecule has 0 saturated heterocycles. The van der Waals surface area contributed by atoms with Gasteiger partial charge >= 0.3 is 5.97 Å². The molecule has 0 unspecified atom stereocenters. The molecule has 0 radical (unpaired) electrons. The quantitative estimate of drug-likeness (QED) is 0.0997. The maximum absolute atomic E-state index is 12.4. The summed E-state index contributed by atoms with van der Waals surface area (Å²) in [4.78, 5) is 18.3. The summed E-state index contributed by atoms with van der Waals surface area (Å²) in [7, 11) is 1.58. The molecule has 6 nitrogen and oxygen atoms in total. The molecule has 188 valence electrons. The summed E-state index contributed by atoms with van der Waals surface area (Å²) in [6.07, 6.45) is 1.70. The minimum absolute atomic E-state index is 0.432. The molecule has 1 aromatic heterocycles. The maximum Gasteiger partial charge on any atom is 0.343 e. The van der Waals surface area contributed by atoms with E-state index < -0.39 is 5.97 Å². The fourth-order valence-corrected chi connectivity index (χ4v) is 4.68. The molecule has 0 atom stereocenters. The molecule has 5 aromatic rings. The number of hydrogen-bond acceptors (Lipinski definition) is 7. The van der Waals surface area contributed by atoms with Crippen LogP contribution in [-0.4, -0.2) is 24.3 Å². The number of aryl methyl sites for hydroxylation is 1. The van der Waals surface area contributed by atoms with Gasteiger partial charge in [-0.1, -0.05) is 71.5 Å². The van der Waals surface area contributed by atoms with Crippen LogP contribution in [0.2, 0.25) is 0 Å². The first-order chi connectivity index (χ1) is 18.6. The van der Waals surface area contributed by atoms with Gasteiger partial charge < -0.3 is 9.47 Å². The van der Waals surface area contributed by atoms with Gasteiger partial charge in [0, 0.05) is 5.56 Å². The number of methoxy groups -OCH3 is 1. The van der Waals surface area contributed by atoms with E-state index >= 15 is 0 Å². The predicted molar refractivity (Wildman–Crippen MR) is 153 cm³/mol. The highest BCUT2D eigenvalue weighted by molar-refractivity contribution is 7.19. The third-order valence-corrected chi connectivity index (χ3v) is 6.79. The molecule has 0 spiro atoms. The summed E-state index contributed by atoms with van der Waals surface area (Å²) < 4.78 is 10.6. The average Bonchev–Trinajstić information content (AvgIpc) is 3.39. The molecule has 0 bridgehead atoms. The van der Waals surface area contributed by atoms with Crippen LogP contribution in [-0.2, 0) is 0 Å².